The molecule has 9 nitrogen and oxygen atoms in total. The smallest absolute Gasteiger partial charge is 0.408 e. The maximum atomic E-state index is 12.8. The van der Waals surface area contributed by atoms with Gasteiger partial charge in [0.1, 0.15) is 29.5 Å². The number of carbonyl (C=O) groups excluding carboxylic acids is 4. The Bertz CT molecular complexity index is 749. The predicted octanol–water partition coefficient (Wildman–Crippen LogP) is 1.95. The Balaban J connectivity index is 2.23. The third-order valence-corrected chi connectivity index (χ3v) is 4.99. The van der Waals surface area contributed by atoms with Crippen molar-refractivity contribution in [1.82, 2.24) is 10.2 Å². The molecule has 10 heteroatoms. The van der Waals surface area contributed by atoms with E-state index in [2.05, 4.69) is 5.32 Å². The second-order valence-electron chi connectivity index (χ2n) is 8.76. The van der Waals surface area contributed by atoms with Crippen LogP contribution in [0.4, 0.5) is 4.79 Å². The van der Waals surface area contributed by atoms with E-state index in [4.69, 9.17) is 14.2 Å². The van der Waals surface area contributed by atoms with E-state index >= 15 is 0 Å². The molecular formula is C19H28N2O7S. The number of carbonyl (C=O) groups is 4. The molecule has 2 aliphatic heterocycles. The molecule has 1 saturated heterocycles. The zero-order valence-corrected chi connectivity index (χ0v) is 18.6. The van der Waals surface area contributed by atoms with Crippen molar-refractivity contribution < 1.29 is 33.4 Å². The molecule has 1 N–H and O–H groups in total. The number of β-lactam (4-membered cyclic amide) rings is 1. The van der Waals surface area contributed by atoms with Crippen molar-refractivity contribution in [3.8, 4) is 0 Å². The minimum absolute atomic E-state index is 0.0506. The number of hydrogen-bond donors (Lipinski definition) is 1. The largest absolute Gasteiger partial charge is 0.460 e. The molecule has 1 fully saturated rings. The maximum absolute atomic E-state index is 12.8. The summed E-state index contributed by atoms with van der Waals surface area (Å²) < 4.78 is 15.7. The molecule has 0 aliphatic carbocycles. The molecule has 0 bridgehead atoms. The van der Waals surface area contributed by atoms with Crippen LogP contribution in [0.3, 0.4) is 0 Å². The van der Waals surface area contributed by atoms with E-state index in [-0.39, 0.29) is 12.3 Å². The lowest BCUT2D eigenvalue weighted by Gasteiger charge is -2.50. The Kier molecular flexibility index (Phi) is 6.56. The molecule has 0 saturated carbocycles. The topological polar surface area (TPSA) is 111 Å². The fraction of sp³-hybridized carbons (Fsp3) is 0.684. The lowest BCUT2D eigenvalue weighted by molar-refractivity contribution is -0.160. The number of ether oxygens (including phenoxy) is 3. The average molecular weight is 429 g/mol. The van der Waals surface area contributed by atoms with Gasteiger partial charge in [0.05, 0.1) is 10.9 Å². The number of alkyl carbamates (subject to hydrolysis) is 1. The predicted molar refractivity (Wildman–Crippen MR) is 106 cm³/mol. The van der Waals surface area contributed by atoms with Gasteiger partial charge in [-0.1, -0.05) is 0 Å². The standard InChI is InChI=1S/C19H28N2O7S/c1-10(22)26-8-12-14(16(24)27-18(2,3)4)21-11(9-29-12)13(15(21)23)20-17(25)28-19(5,6)7/h11,13H,8-9H2,1-7H3,(H,20,25)/t11-,13+/m0/s1. The minimum Gasteiger partial charge on any atom is -0.460 e. The third-order valence-electron chi connectivity index (χ3n) is 3.82. The van der Waals surface area contributed by atoms with E-state index in [1.807, 2.05) is 0 Å². The van der Waals surface area contributed by atoms with Gasteiger partial charge in [0.25, 0.3) is 5.91 Å². The van der Waals surface area contributed by atoms with Crippen molar-refractivity contribution >= 4 is 35.7 Å². The molecule has 0 aromatic heterocycles. The van der Waals surface area contributed by atoms with Gasteiger partial charge in [0.2, 0.25) is 0 Å². The van der Waals surface area contributed by atoms with Crippen LogP contribution < -0.4 is 5.32 Å². The molecule has 29 heavy (non-hydrogen) atoms. The highest BCUT2D eigenvalue weighted by Gasteiger charge is 2.54. The normalized spacial score (nSPS) is 21.8. The van der Waals surface area contributed by atoms with E-state index in [1.54, 1.807) is 41.5 Å². The van der Waals surface area contributed by atoms with Gasteiger partial charge < -0.3 is 19.5 Å². The van der Waals surface area contributed by atoms with E-state index in [0.717, 1.165) is 0 Å². The summed E-state index contributed by atoms with van der Waals surface area (Å²) in [4.78, 5) is 50.5. The van der Waals surface area contributed by atoms with Gasteiger partial charge in [-0.25, -0.2) is 9.59 Å². The number of thioether (sulfide) groups is 1. The molecule has 0 unspecified atom stereocenters. The molecule has 0 radical (unpaired) electrons. The molecule has 2 atom stereocenters. The highest BCUT2D eigenvalue weighted by Crippen LogP contribution is 2.40. The first-order valence-electron chi connectivity index (χ1n) is 9.25. The van der Waals surface area contributed by atoms with Crippen LogP contribution in [0.25, 0.3) is 0 Å². The highest BCUT2D eigenvalue weighted by atomic mass is 32.2. The van der Waals surface area contributed by atoms with Crippen molar-refractivity contribution in [2.24, 2.45) is 0 Å². The van der Waals surface area contributed by atoms with E-state index < -0.39 is 47.2 Å². The first-order chi connectivity index (χ1) is 13.2. The fourth-order valence-electron chi connectivity index (χ4n) is 2.79. The van der Waals surface area contributed by atoms with Crippen LogP contribution in [0, 0.1) is 0 Å². The van der Waals surface area contributed by atoms with Crippen LogP contribution in [0.2, 0.25) is 0 Å². The Hall–Kier alpha value is -2.23. The van der Waals surface area contributed by atoms with Gasteiger partial charge in [-0.05, 0) is 41.5 Å². The van der Waals surface area contributed by atoms with Crippen molar-refractivity contribution in [2.75, 3.05) is 12.4 Å². The van der Waals surface area contributed by atoms with Crippen LogP contribution in [-0.4, -0.2) is 64.5 Å². The van der Waals surface area contributed by atoms with Gasteiger partial charge >= 0.3 is 18.0 Å². The van der Waals surface area contributed by atoms with Crippen LogP contribution in [0.5, 0.6) is 0 Å². The summed E-state index contributed by atoms with van der Waals surface area (Å²) in [6, 6.07) is -1.23. The van der Waals surface area contributed by atoms with Crippen molar-refractivity contribution in [3.63, 3.8) is 0 Å². The third kappa shape index (κ3) is 5.88. The number of hydrogen-bond acceptors (Lipinski definition) is 8. The highest BCUT2D eigenvalue weighted by molar-refractivity contribution is 8.03. The summed E-state index contributed by atoms with van der Waals surface area (Å²) in [6.45, 7) is 11.5. The summed E-state index contributed by atoms with van der Waals surface area (Å²) in [7, 11) is 0. The minimum atomic E-state index is -0.801. The summed E-state index contributed by atoms with van der Waals surface area (Å²) in [5.41, 5.74) is -1.41. The Labute approximate surface area is 174 Å². The molecule has 2 amide bonds. The first kappa shape index (κ1) is 23.1. The zero-order chi connectivity index (χ0) is 22.1. The van der Waals surface area contributed by atoms with Crippen LogP contribution in [-0.2, 0) is 28.6 Å². The number of rotatable bonds is 4. The molecule has 2 aliphatic rings. The van der Waals surface area contributed by atoms with Gasteiger partial charge in [0, 0.05) is 12.7 Å². The van der Waals surface area contributed by atoms with Gasteiger partial charge in [-0.2, -0.15) is 0 Å². The van der Waals surface area contributed by atoms with E-state index in [1.165, 1.54) is 23.6 Å². The monoisotopic (exact) mass is 428 g/mol. The quantitative estimate of drug-likeness (QED) is 0.411. The summed E-state index contributed by atoms with van der Waals surface area (Å²) in [5, 5.41) is 2.57. The molecule has 2 heterocycles. The first-order valence-corrected chi connectivity index (χ1v) is 10.2. The van der Waals surface area contributed by atoms with Gasteiger partial charge in [-0.15, -0.1) is 11.8 Å². The zero-order valence-electron chi connectivity index (χ0n) is 17.8. The number of nitrogens with one attached hydrogen (secondary N) is 1. The fourth-order valence-corrected chi connectivity index (χ4v) is 3.96. The van der Waals surface area contributed by atoms with Crippen molar-refractivity contribution in [2.45, 2.75) is 71.8 Å². The van der Waals surface area contributed by atoms with Crippen LogP contribution in [0.15, 0.2) is 10.6 Å². The molecule has 0 spiro atoms. The Morgan fingerprint density at radius 2 is 1.69 bits per heavy atom. The number of nitrogens with zero attached hydrogens (tertiary/aromatic N) is 1. The lowest BCUT2D eigenvalue weighted by atomic mass is 9.95. The number of fused-ring (bicyclic) bond motifs is 1. The SMILES string of the molecule is CC(=O)OCC1=C(C(=O)OC(C)(C)C)N2C(=O)[C@H](NC(=O)OC(C)(C)C)[C@@H]2CS1. The molecule has 2 rings (SSSR count). The Morgan fingerprint density at radius 1 is 1.10 bits per heavy atom. The molecular weight excluding hydrogens is 400 g/mol. The van der Waals surface area contributed by atoms with Gasteiger partial charge in [0.15, 0.2) is 0 Å². The summed E-state index contributed by atoms with van der Waals surface area (Å²) in [5.74, 6) is -1.19. The second kappa shape index (κ2) is 8.25. The lowest BCUT2D eigenvalue weighted by Crippen LogP contribution is -2.72. The van der Waals surface area contributed by atoms with E-state index in [9.17, 15) is 19.2 Å². The summed E-state index contributed by atoms with van der Waals surface area (Å²) >= 11 is 1.29. The molecule has 0 aromatic carbocycles. The number of esters is 2. The molecule has 0 aromatic rings. The van der Waals surface area contributed by atoms with E-state index in [0.29, 0.717) is 10.7 Å². The van der Waals surface area contributed by atoms with Crippen LogP contribution >= 0.6 is 11.8 Å². The number of amides is 2. The van der Waals surface area contributed by atoms with Crippen LogP contribution in [0.1, 0.15) is 48.5 Å². The molecule has 162 valence electrons. The van der Waals surface area contributed by atoms with Gasteiger partial charge in [-0.3, -0.25) is 14.5 Å². The second-order valence-corrected chi connectivity index (χ2v) is 9.88. The maximum Gasteiger partial charge on any atom is 0.408 e. The van der Waals surface area contributed by atoms with Crippen molar-refractivity contribution in [1.29, 1.82) is 0 Å². The Morgan fingerprint density at radius 3 is 2.21 bits per heavy atom. The van der Waals surface area contributed by atoms with Crippen molar-refractivity contribution in [3.05, 3.63) is 10.6 Å². The average Bonchev–Trinajstić information content (AvgIpc) is 2.53. The summed E-state index contributed by atoms with van der Waals surface area (Å²) in [6.07, 6.45) is -0.700.